The molecule has 116 valence electrons. The molecule has 1 fully saturated rings. The van der Waals surface area contributed by atoms with E-state index in [2.05, 4.69) is 4.90 Å². The largest absolute Gasteiger partial charge is 0.296 e. The second-order valence-corrected chi connectivity index (χ2v) is 6.58. The lowest BCUT2D eigenvalue weighted by Gasteiger charge is -2.33. The minimum Gasteiger partial charge on any atom is -0.296 e. The van der Waals surface area contributed by atoms with E-state index in [0.717, 1.165) is 5.56 Å². The normalized spacial score (nSPS) is 17.8. The van der Waals surface area contributed by atoms with Gasteiger partial charge < -0.3 is 0 Å². The first-order valence-corrected chi connectivity index (χ1v) is 8.02. The van der Waals surface area contributed by atoms with Crippen molar-refractivity contribution in [3.63, 3.8) is 0 Å². The summed E-state index contributed by atoms with van der Waals surface area (Å²) in [5, 5.41) is 16.0. The number of hydrogen-bond donors (Lipinski definition) is 1. The first-order chi connectivity index (χ1) is 9.79. The molecule has 1 heterocycles. The van der Waals surface area contributed by atoms with E-state index in [0.29, 0.717) is 38.3 Å². The lowest BCUT2D eigenvalue weighted by atomic mass is 10.1. The zero-order chi connectivity index (χ0) is 15.6. The monoisotopic (exact) mass is 314 g/mol. The van der Waals surface area contributed by atoms with E-state index in [9.17, 15) is 18.5 Å². The molecule has 0 aliphatic carbocycles. The molecule has 2 N–H and O–H groups in total. The summed E-state index contributed by atoms with van der Waals surface area (Å²) in [5.41, 5.74) is 1.64. The number of nitro groups is 1. The summed E-state index contributed by atoms with van der Waals surface area (Å²) in [4.78, 5) is 12.6. The van der Waals surface area contributed by atoms with Crippen molar-refractivity contribution in [2.24, 2.45) is 5.14 Å². The maximum absolute atomic E-state index is 11.2. The molecule has 0 atom stereocenters. The molecule has 0 unspecified atom stereocenters. The van der Waals surface area contributed by atoms with Gasteiger partial charge in [0.2, 0.25) is 0 Å². The Hall–Kier alpha value is -1.55. The highest BCUT2D eigenvalue weighted by molar-refractivity contribution is 7.86. The van der Waals surface area contributed by atoms with Gasteiger partial charge in [0.1, 0.15) is 0 Å². The molecule has 1 saturated heterocycles. The minimum absolute atomic E-state index is 0.107. The molecule has 1 aromatic rings. The van der Waals surface area contributed by atoms with Crippen LogP contribution < -0.4 is 5.14 Å². The fraction of sp³-hybridized carbons (Fsp3) is 0.500. The quantitative estimate of drug-likeness (QED) is 0.631. The van der Waals surface area contributed by atoms with E-state index in [4.69, 9.17) is 5.14 Å². The highest BCUT2D eigenvalue weighted by atomic mass is 32.2. The van der Waals surface area contributed by atoms with Gasteiger partial charge in [0, 0.05) is 44.4 Å². The molecule has 1 aromatic carbocycles. The second-order valence-electron chi connectivity index (χ2n) is 5.04. The molecule has 0 spiro atoms. The van der Waals surface area contributed by atoms with Crippen LogP contribution in [0, 0.1) is 17.0 Å². The topological polar surface area (TPSA) is 110 Å². The van der Waals surface area contributed by atoms with Crippen LogP contribution in [0.3, 0.4) is 0 Å². The van der Waals surface area contributed by atoms with Crippen LogP contribution in [0.5, 0.6) is 0 Å². The van der Waals surface area contributed by atoms with Gasteiger partial charge in [0.25, 0.3) is 15.9 Å². The summed E-state index contributed by atoms with van der Waals surface area (Å²) >= 11 is 0. The van der Waals surface area contributed by atoms with Gasteiger partial charge in [-0.1, -0.05) is 12.1 Å². The Morgan fingerprint density at radius 2 is 1.90 bits per heavy atom. The Bertz CT molecular complexity index is 639. The molecule has 0 radical (unpaired) electrons. The van der Waals surface area contributed by atoms with Crippen molar-refractivity contribution in [1.29, 1.82) is 0 Å². The minimum atomic E-state index is -3.63. The van der Waals surface area contributed by atoms with Gasteiger partial charge in [0.05, 0.1) is 4.92 Å². The molecular formula is C12H18N4O4S. The van der Waals surface area contributed by atoms with E-state index in [1.807, 2.05) is 6.07 Å². The molecular weight excluding hydrogens is 296 g/mol. The lowest BCUT2D eigenvalue weighted by molar-refractivity contribution is -0.385. The third kappa shape index (κ3) is 3.76. The third-order valence-corrected chi connectivity index (χ3v) is 4.78. The Balaban J connectivity index is 2.05. The Labute approximate surface area is 123 Å². The number of rotatable bonds is 4. The van der Waals surface area contributed by atoms with E-state index in [1.165, 1.54) is 10.4 Å². The van der Waals surface area contributed by atoms with E-state index in [-0.39, 0.29) is 5.69 Å². The summed E-state index contributed by atoms with van der Waals surface area (Å²) in [5.74, 6) is 0. The number of nitro benzene ring substituents is 1. The maximum Gasteiger partial charge on any atom is 0.276 e. The average molecular weight is 314 g/mol. The Morgan fingerprint density at radius 3 is 2.43 bits per heavy atom. The molecule has 9 heteroatoms. The number of piperazine rings is 1. The van der Waals surface area contributed by atoms with E-state index in [1.54, 1.807) is 13.0 Å². The molecule has 1 aliphatic rings. The van der Waals surface area contributed by atoms with Gasteiger partial charge in [-0.25, -0.2) is 5.14 Å². The maximum atomic E-state index is 11.2. The van der Waals surface area contributed by atoms with E-state index < -0.39 is 15.1 Å². The molecule has 0 amide bonds. The fourth-order valence-electron chi connectivity index (χ4n) is 2.42. The van der Waals surface area contributed by atoms with Gasteiger partial charge in [-0.2, -0.15) is 12.7 Å². The molecule has 1 aliphatic heterocycles. The first kappa shape index (κ1) is 15.8. The summed E-state index contributed by atoms with van der Waals surface area (Å²) in [6, 6.07) is 5.01. The predicted octanol–water partition coefficient (Wildman–Crippen LogP) is 0.224. The van der Waals surface area contributed by atoms with Crippen molar-refractivity contribution in [2.45, 2.75) is 13.5 Å². The standard InChI is InChI=1S/C12H18N4O4S/c1-10-11(3-2-4-12(10)16(17)18)9-14-5-7-15(8-6-14)21(13,19)20/h2-4H,5-9H2,1H3,(H2,13,19,20). The fourth-order valence-corrected chi connectivity index (χ4v) is 3.09. The second kappa shape index (κ2) is 6.06. The number of nitrogens with zero attached hydrogens (tertiary/aromatic N) is 3. The lowest BCUT2D eigenvalue weighted by Crippen LogP contribution is -2.50. The van der Waals surface area contributed by atoms with Crippen molar-refractivity contribution < 1.29 is 13.3 Å². The van der Waals surface area contributed by atoms with E-state index >= 15 is 0 Å². The van der Waals surface area contributed by atoms with Crippen LogP contribution in [0.4, 0.5) is 5.69 Å². The average Bonchev–Trinajstić information content (AvgIpc) is 2.40. The zero-order valence-electron chi connectivity index (χ0n) is 11.7. The number of nitrogens with two attached hydrogens (primary N) is 1. The number of benzene rings is 1. The Kier molecular flexibility index (Phi) is 4.57. The zero-order valence-corrected chi connectivity index (χ0v) is 12.5. The first-order valence-electron chi connectivity index (χ1n) is 6.52. The van der Waals surface area contributed by atoms with Crippen LogP contribution in [0.15, 0.2) is 18.2 Å². The highest BCUT2D eigenvalue weighted by Crippen LogP contribution is 2.22. The van der Waals surface area contributed by atoms with Crippen molar-refractivity contribution in [2.75, 3.05) is 26.2 Å². The molecule has 0 aromatic heterocycles. The molecule has 8 nitrogen and oxygen atoms in total. The third-order valence-electron chi connectivity index (χ3n) is 3.70. The van der Waals surface area contributed by atoms with Gasteiger partial charge in [-0.3, -0.25) is 15.0 Å². The molecule has 0 saturated carbocycles. The summed E-state index contributed by atoms with van der Waals surface area (Å²) < 4.78 is 23.7. The molecule has 21 heavy (non-hydrogen) atoms. The highest BCUT2D eigenvalue weighted by Gasteiger charge is 2.24. The number of hydrogen-bond acceptors (Lipinski definition) is 5. The van der Waals surface area contributed by atoms with Crippen LogP contribution >= 0.6 is 0 Å². The molecule has 2 rings (SSSR count). The summed E-state index contributed by atoms with van der Waals surface area (Å²) in [6.45, 7) is 4.08. The predicted molar refractivity (Wildman–Crippen MR) is 77.8 cm³/mol. The molecule has 0 bridgehead atoms. The van der Waals surface area contributed by atoms with Gasteiger partial charge >= 0.3 is 0 Å². The van der Waals surface area contributed by atoms with Crippen LogP contribution in [-0.4, -0.2) is 48.7 Å². The Morgan fingerprint density at radius 1 is 1.29 bits per heavy atom. The van der Waals surface area contributed by atoms with Crippen LogP contribution in [0.2, 0.25) is 0 Å². The van der Waals surface area contributed by atoms with Crippen LogP contribution in [0.25, 0.3) is 0 Å². The SMILES string of the molecule is Cc1c(CN2CCN(S(N)(=O)=O)CC2)cccc1[N+](=O)[O-]. The van der Waals surface area contributed by atoms with Gasteiger partial charge in [-0.05, 0) is 12.5 Å². The summed E-state index contributed by atoms with van der Waals surface area (Å²) in [6.07, 6.45) is 0. The van der Waals surface area contributed by atoms with Crippen molar-refractivity contribution in [3.8, 4) is 0 Å². The van der Waals surface area contributed by atoms with Crippen molar-refractivity contribution in [1.82, 2.24) is 9.21 Å². The summed E-state index contributed by atoms with van der Waals surface area (Å²) in [7, 11) is -3.63. The van der Waals surface area contributed by atoms with Crippen molar-refractivity contribution >= 4 is 15.9 Å². The smallest absolute Gasteiger partial charge is 0.276 e. The van der Waals surface area contributed by atoms with Gasteiger partial charge in [0.15, 0.2) is 0 Å². The van der Waals surface area contributed by atoms with Gasteiger partial charge in [-0.15, -0.1) is 0 Å². The van der Waals surface area contributed by atoms with Crippen molar-refractivity contribution in [3.05, 3.63) is 39.4 Å². The van der Waals surface area contributed by atoms with Crippen LogP contribution in [-0.2, 0) is 16.8 Å². The van der Waals surface area contributed by atoms with Crippen LogP contribution in [0.1, 0.15) is 11.1 Å².